The molecule has 250 valence electrons. The number of aromatic nitrogens is 4. The Morgan fingerprint density at radius 1 is 0.327 bits per heavy atom. The lowest BCUT2D eigenvalue weighted by molar-refractivity contribution is 0.825. The summed E-state index contributed by atoms with van der Waals surface area (Å²) in [5.74, 6) is 0. The molecule has 4 heteroatoms. The van der Waals surface area contributed by atoms with Crippen molar-refractivity contribution >= 4 is 46.4 Å². The lowest BCUT2D eigenvalue weighted by Crippen LogP contribution is -1.99. The van der Waals surface area contributed by atoms with Crippen molar-refractivity contribution in [3.05, 3.63) is 168 Å². The quantitative estimate of drug-likeness (QED) is 0.176. The summed E-state index contributed by atoms with van der Waals surface area (Å²) in [4.78, 5) is 11.0. The largest absolute Gasteiger partial charge is 0.341 e. The van der Waals surface area contributed by atoms with Crippen molar-refractivity contribution in [3.63, 3.8) is 0 Å². The molecule has 2 aliphatic heterocycles. The minimum absolute atomic E-state index is 0.777. The molecule has 0 saturated carbocycles. The highest BCUT2D eigenvalue weighted by Gasteiger charge is 2.21. The van der Waals surface area contributed by atoms with E-state index in [1.54, 1.807) is 0 Å². The summed E-state index contributed by atoms with van der Waals surface area (Å²) in [6.45, 7) is 6.00. The fourth-order valence-electron chi connectivity index (χ4n) is 7.90. The highest BCUT2D eigenvalue weighted by atomic mass is 15.0. The van der Waals surface area contributed by atoms with E-state index in [1.165, 1.54) is 0 Å². The van der Waals surface area contributed by atoms with Gasteiger partial charge in [-0.1, -0.05) is 121 Å². The van der Waals surface area contributed by atoms with E-state index in [9.17, 15) is 0 Å². The van der Waals surface area contributed by atoms with Crippen LogP contribution in [0.3, 0.4) is 0 Å². The third kappa shape index (κ3) is 5.32. The van der Waals surface area contributed by atoms with E-state index in [0.29, 0.717) is 0 Å². The van der Waals surface area contributed by atoms with Crippen LogP contribution in [0.4, 0.5) is 0 Å². The van der Waals surface area contributed by atoms with Gasteiger partial charge in [0.2, 0.25) is 0 Å². The van der Waals surface area contributed by atoms with E-state index < -0.39 is 0 Å². The van der Waals surface area contributed by atoms with Crippen molar-refractivity contribution in [2.45, 2.75) is 26.9 Å². The fourth-order valence-corrected chi connectivity index (χ4v) is 7.90. The number of rotatable bonds is 6. The Morgan fingerprint density at radius 2 is 0.558 bits per heavy atom. The van der Waals surface area contributed by atoms with Gasteiger partial charge in [0.05, 0.1) is 44.8 Å². The molecule has 3 aromatic heterocycles. The lowest BCUT2D eigenvalue weighted by atomic mass is 10.0. The number of hydrogen-bond acceptors (Lipinski definition) is 2. The van der Waals surface area contributed by atoms with Crippen LogP contribution in [0.1, 0.15) is 36.6 Å². The number of benzene rings is 4. The van der Waals surface area contributed by atoms with Crippen LogP contribution in [0.25, 0.3) is 90.9 Å². The average Bonchev–Trinajstić information content (AvgIpc) is 4.03. The van der Waals surface area contributed by atoms with E-state index in [2.05, 4.69) is 193 Å². The molecule has 4 nitrogen and oxygen atoms in total. The summed E-state index contributed by atoms with van der Waals surface area (Å²) in [5.41, 5.74) is 17.2. The first kappa shape index (κ1) is 31.5. The van der Waals surface area contributed by atoms with Crippen molar-refractivity contribution < 1.29 is 0 Å². The third-order valence-electron chi connectivity index (χ3n) is 10.2. The van der Waals surface area contributed by atoms with Gasteiger partial charge in [-0.3, -0.25) is 0 Å². The summed E-state index contributed by atoms with van der Waals surface area (Å²) < 4.78 is 4.85. The molecule has 0 atom stereocenters. The second-order valence-electron chi connectivity index (χ2n) is 13.1. The van der Waals surface area contributed by atoms with Gasteiger partial charge in [0.15, 0.2) is 0 Å². The monoisotopic (exact) mass is 670 g/mol. The van der Waals surface area contributed by atoms with Gasteiger partial charge in [-0.05, 0) is 84.7 Å². The average molecular weight is 671 g/mol. The van der Waals surface area contributed by atoms with Gasteiger partial charge in [-0.2, -0.15) is 0 Å². The summed E-state index contributed by atoms with van der Waals surface area (Å²) >= 11 is 0. The van der Waals surface area contributed by atoms with Crippen LogP contribution in [0.5, 0.6) is 0 Å². The van der Waals surface area contributed by atoms with E-state index in [4.69, 9.17) is 9.97 Å². The third-order valence-corrected chi connectivity index (χ3v) is 10.2. The van der Waals surface area contributed by atoms with Gasteiger partial charge in [-0.25, -0.2) is 9.97 Å². The molecular formula is C48H38N4. The first-order chi connectivity index (χ1) is 25.7. The maximum Gasteiger partial charge on any atom is 0.0737 e. The number of nitrogens with zero attached hydrogens (tertiary/aromatic N) is 4. The topological polar surface area (TPSA) is 35.6 Å². The minimum Gasteiger partial charge on any atom is -0.341 e. The summed E-state index contributed by atoms with van der Waals surface area (Å²) in [6, 6.07) is 51.8. The Labute approximate surface area is 304 Å². The highest BCUT2D eigenvalue weighted by molar-refractivity contribution is 6.00. The van der Waals surface area contributed by atoms with Gasteiger partial charge in [0.1, 0.15) is 0 Å². The molecule has 7 aromatic rings. The Bertz CT molecular complexity index is 2300. The summed E-state index contributed by atoms with van der Waals surface area (Å²) in [5, 5.41) is 0. The Morgan fingerprint density at radius 3 is 0.769 bits per heavy atom. The molecule has 0 aliphatic carbocycles. The first-order valence-corrected chi connectivity index (χ1v) is 18.1. The number of hydrogen-bond donors (Lipinski definition) is 0. The molecule has 2 aliphatic rings. The maximum atomic E-state index is 5.51. The number of aryl methyl sites for hydroxylation is 2. The van der Waals surface area contributed by atoms with Gasteiger partial charge in [0.25, 0.3) is 0 Å². The molecule has 52 heavy (non-hydrogen) atoms. The zero-order valence-corrected chi connectivity index (χ0v) is 29.4. The predicted octanol–water partition coefficient (Wildman–Crippen LogP) is 12.3. The van der Waals surface area contributed by atoms with E-state index in [0.717, 1.165) is 102 Å². The maximum absolute atomic E-state index is 5.51. The van der Waals surface area contributed by atoms with E-state index >= 15 is 0 Å². The molecular weight excluding hydrogens is 633 g/mol. The summed E-state index contributed by atoms with van der Waals surface area (Å²) in [6.07, 6.45) is 8.78. The van der Waals surface area contributed by atoms with Crippen molar-refractivity contribution in [2.24, 2.45) is 0 Å². The smallest absolute Gasteiger partial charge is 0.0737 e. The van der Waals surface area contributed by atoms with E-state index in [1.807, 2.05) is 0 Å². The van der Waals surface area contributed by atoms with Gasteiger partial charge >= 0.3 is 0 Å². The second kappa shape index (κ2) is 13.3. The minimum atomic E-state index is 0.777. The SMILES string of the molecule is CCn1c2ccc1c(-c1ccccc1)c1nc(c(-c3ccccc3)c3ccc(c(-c4ccccc4)c4nc(c2-c2ccccc2)C=C4)n3CC)C=C1. The van der Waals surface area contributed by atoms with Crippen LogP contribution in [-0.2, 0) is 13.1 Å². The molecule has 9 rings (SSSR count). The highest BCUT2D eigenvalue weighted by Crippen LogP contribution is 2.40. The molecule has 5 heterocycles. The lowest BCUT2D eigenvalue weighted by Gasteiger charge is -2.13. The molecule has 0 N–H and O–H groups in total. The van der Waals surface area contributed by atoms with Crippen LogP contribution < -0.4 is 0 Å². The number of fused-ring (bicyclic) bond motifs is 8. The molecule has 8 bridgehead atoms. The second-order valence-corrected chi connectivity index (χ2v) is 13.1. The Balaban J connectivity index is 1.55. The zero-order valence-electron chi connectivity index (χ0n) is 29.4. The molecule has 4 aromatic carbocycles. The van der Waals surface area contributed by atoms with Crippen LogP contribution in [0.2, 0.25) is 0 Å². The Hall–Kier alpha value is -6.52. The first-order valence-electron chi connectivity index (χ1n) is 18.1. The summed E-state index contributed by atoms with van der Waals surface area (Å²) in [7, 11) is 0. The van der Waals surface area contributed by atoms with Crippen molar-refractivity contribution in [2.75, 3.05) is 0 Å². The molecule has 0 fully saturated rings. The van der Waals surface area contributed by atoms with Crippen molar-refractivity contribution in [1.82, 2.24) is 19.1 Å². The van der Waals surface area contributed by atoms with Crippen molar-refractivity contribution in [3.8, 4) is 44.5 Å². The standard InChI is InChI=1S/C48H38N4/c1-3-51-41-29-30-42(51)46(34-19-11-6-12-20-34)38-26-28-40(50-38)48(36-23-15-8-16-24-36)44-32-31-43(52(44)4-2)47(35-21-13-7-14-22-35)39-27-25-37(49-39)45(41)33-17-9-5-10-18-33/h5-32H,3-4H2,1-2H3. The van der Waals surface area contributed by atoms with Gasteiger partial charge in [0, 0.05) is 35.3 Å². The van der Waals surface area contributed by atoms with Crippen LogP contribution >= 0.6 is 0 Å². The molecule has 0 unspecified atom stereocenters. The van der Waals surface area contributed by atoms with Crippen LogP contribution in [0, 0.1) is 0 Å². The zero-order chi connectivity index (χ0) is 35.0. The van der Waals surface area contributed by atoms with Gasteiger partial charge < -0.3 is 9.13 Å². The fraction of sp³-hybridized carbons (Fsp3) is 0.0833. The molecule has 0 amide bonds. The Kier molecular flexibility index (Phi) is 8.05. The molecule has 0 spiro atoms. The van der Waals surface area contributed by atoms with Crippen LogP contribution in [0.15, 0.2) is 146 Å². The van der Waals surface area contributed by atoms with Gasteiger partial charge in [-0.15, -0.1) is 0 Å². The normalized spacial score (nSPS) is 12.0. The van der Waals surface area contributed by atoms with E-state index in [-0.39, 0.29) is 0 Å². The predicted molar refractivity (Wildman–Crippen MR) is 219 cm³/mol. The molecule has 0 radical (unpaired) electrons. The van der Waals surface area contributed by atoms with Crippen molar-refractivity contribution in [1.29, 1.82) is 0 Å². The molecule has 0 saturated heterocycles. The van der Waals surface area contributed by atoms with Crippen LogP contribution in [-0.4, -0.2) is 19.1 Å².